The van der Waals surface area contributed by atoms with E-state index in [1.54, 1.807) is 5.56 Å². The lowest BCUT2D eigenvalue weighted by atomic mass is 9.84. The number of piperidine rings is 1. The van der Waals surface area contributed by atoms with Gasteiger partial charge in [0, 0.05) is 18.5 Å². The fourth-order valence-corrected chi connectivity index (χ4v) is 3.40. The van der Waals surface area contributed by atoms with Crippen molar-refractivity contribution in [1.82, 2.24) is 11.1 Å². The van der Waals surface area contributed by atoms with Crippen molar-refractivity contribution in [2.75, 3.05) is 13.1 Å². The molecule has 3 rings (SSSR count). The van der Waals surface area contributed by atoms with Gasteiger partial charge in [-0.05, 0) is 36.8 Å². The molecule has 0 aromatic heterocycles. The molecule has 18 heavy (non-hydrogen) atoms. The zero-order valence-electron chi connectivity index (χ0n) is 11.7. The van der Waals surface area contributed by atoms with Gasteiger partial charge in [-0.1, -0.05) is 44.2 Å². The Kier molecular flexibility index (Phi) is 3.79. The molecule has 1 aliphatic carbocycles. The maximum absolute atomic E-state index is 2.74. The third-order valence-electron chi connectivity index (χ3n) is 4.38. The Balaban J connectivity index is 0.00000120. The largest absolute Gasteiger partial charge is 0.344 e. The Hall–Kier alpha value is -0.860. The summed E-state index contributed by atoms with van der Waals surface area (Å²) in [6, 6.07) is 11.9. The number of likely N-dealkylation sites (tertiary alicyclic amines) is 1. The van der Waals surface area contributed by atoms with E-state index in [1.165, 1.54) is 32.4 Å². The first-order valence-corrected chi connectivity index (χ1v) is 6.95. The molecule has 100 valence electrons. The molecule has 1 aromatic rings. The molecule has 2 heteroatoms. The SMILES string of the molecule is CC1(C)CCCN(C2CC2c2ccccc2)C1.N. The van der Waals surface area contributed by atoms with Crippen LogP contribution >= 0.6 is 0 Å². The van der Waals surface area contributed by atoms with Crippen LogP contribution in [0.5, 0.6) is 0 Å². The molecular weight excluding hydrogens is 220 g/mol. The van der Waals surface area contributed by atoms with Gasteiger partial charge in [-0.15, -0.1) is 0 Å². The van der Waals surface area contributed by atoms with Crippen LogP contribution in [0, 0.1) is 5.41 Å². The minimum Gasteiger partial charge on any atom is -0.344 e. The smallest absolute Gasteiger partial charge is 0.0171 e. The quantitative estimate of drug-likeness (QED) is 0.861. The third-order valence-corrected chi connectivity index (χ3v) is 4.38. The number of hydrogen-bond donors (Lipinski definition) is 1. The van der Waals surface area contributed by atoms with E-state index >= 15 is 0 Å². The molecule has 1 saturated carbocycles. The summed E-state index contributed by atoms with van der Waals surface area (Å²) in [5, 5.41) is 0. The fraction of sp³-hybridized carbons (Fsp3) is 0.625. The number of benzene rings is 1. The molecule has 1 aliphatic heterocycles. The average Bonchev–Trinajstić information content (AvgIpc) is 3.09. The molecule has 2 atom stereocenters. The summed E-state index contributed by atoms with van der Waals surface area (Å²) in [6.45, 7) is 7.44. The summed E-state index contributed by atoms with van der Waals surface area (Å²) < 4.78 is 0. The van der Waals surface area contributed by atoms with Gasteiger partial charge in [0.2, 0.25) is 0 Å². The highest BCUT2D eigenvalue weighted by molar-refractivity contribution is 5.28. The number of rotatable bonds is 2. The molecule has 2 aliphatic rings. The zero-order chi connectivity index (χ0) is 11.9. The lowest BCUT2D eigenvalue weighted by Gasteiger charge is -2.38. The molecule has 2 nitrogen and oxygen atoms in total. The molecule has 3 N–H and O–H groups in total. The van der Waals surface area contributed by atoms with Crippen LogP contribution in [0.25, 0.3) is 0 Å². The molecule has 0 bridgehead atoms. The van der Waals surface area contributed by atoms with Crippen LogP contribution in [-0.2, 0) is 0 Å². The van der Waals surface area contributed by atoms with Crippen LogP contribution in [0.4, 0.5) is 0 Å². The van der Waals surface area contributed by atoms with E-state index in [0.29, 0.717) is 5.41 Å². The Morgan fingerprint density at radius 3 is 2.56 bits per heavy atom. The topological polar surface area (TPSA) is 38.2 Å². The maximum Gasteiger partial charge on any atom is 0.0171 e. The predicted molar refractivity (Wildman–Crippen MR) is 77.2 cm³/mol. The van der Waals surface area contributed by atoms with Crippen molar-refractivity contribution in [2.24, 2.45) is 5.41 Å². The normalized spacial score (nSPS) is 30.6. The van der Waals surface area contributed by atoms with Gasteiger partial charge in [0.15, 0.2) is 0 Å². The Labute approximate surface area is 111 Å². The molecule has 1 aromatic carbocycles. The van der Waals surface area contributed by atoms with Crippen molar-refractivity contribution in [3.8, 4) is 0 Å². The van der Waals surface area contributed by atoms with E-state index in [0.717, 1.165) is 12.0 Å². The molecule has 2 fully saturated rings. The minimum absolute atomic E-state index is 0. The van der Waals surface area contributed by atoms with Crippen molar-refractivity contribution < 1.29 is 0 Å². The highest BCUT2D eigenvalue weighted by Crippen LogP contribution is 2.46. The zero-order valence-corrected chi connectivity index (χ0v) is 11.7. The first-order valence-electron chi connectivity index (χ1n) is 6.95. The third kappa shape index (κ3) is 2.76. The molecule has 0 amide bonds. The summed E-state index contributed by atoms with van der Waals surface area (Å²) in [5.41, 5.74) is 2.07. The summed E-state index contributed by atoms with van der Waals surface area (Å²) in [5.74, 6) is 0.810. The van der Waals surface area contributed by atoms with E-state index in [4.69, 9.17) is 0 Å². The van der Waals surface area contributed by atoms with E-state index < -0.39 is 0 Å². The molecule has 2 unspecified atom stereocenters. The van der Waals surface area contributed by atoms with Gasteiger partial charge in [-0.25, -0.2) is 0 Å². The Morgan fingerprint density at radius 2 is 1.89 bits per heavy atom. The van der Waals surface area contributed by atoms with Crippen molar-refractivity contribution in [1.29, 1.82) is 0 Å². The van der Waals surface area contributed by atoms with Gasteiger partial charge in [-0.3, -0.25) is 4.90 Å². The number of hydrogen-bond acceptors (Lipinski definition) is 2. The van der Waals surface area contributed by atoms with Gasteiger partial charge in [0.25, 0.3) is 0 Å². The van der Waals surface area contributed by atoms with Gasteiger partial charge < -0.3 is 6.15 Å². The second-order valence-corrected chi connectivity index (χ2v) is 6.56. The number of nitrogens with zero attached hydrogens (tertiary/aromatic N) is 1. The monoisotopic (exact) mass is 246 g/mol. The van der Waals surface area contributed by atoms with Crippen LogP contribution in [0.2, 0.25) is 0 Å². The highest BCUT2D eigenvalue weighted by Gasteiger charge is 2.44. The van der Waals surface area contributed by atoms with Crippen LogP contribution in [0.3, 0.4) is 0 Å². The lowest BCUT2D eigenvalue weighted by molar-refractivity contribution is 0.109. The van der Waals surface area contributed by atoms with E-state index in [-0.39, 0.29) is 6.15 Å². The molecule has 1 saturated heterocycles. The van der Waals surface area contributed by atoms with Crippen LogP contribution in [-0.4, -0.2) is 24.0 Å². The summed E-state index contributed by atoms with van der Waals surface area (Å²) in [6.07, 6.45) is 4.15. The minimum atomic E-state index is 0. The molecular formula is C16H26N2. The lowest BCUT2D eigenvalue weighted by Crippen LogP contribution is -2.41. The predicted octanol–water partition coefficient (Wildman–Crippen LogP) is 3.83. The first kappa shape index (κ1) is 13.6. The maximum atomic E-state index is 2.74. The average molecular weight is 246 g/mol. The van der Waals surface area contributed by atoms with Crippen LogP contribution in [0.15, 0.2) is 30.3 Å². The fourth-order valence-electron chi connectivity index (χ4n) is 3.40. The van der Waals surface area contributed by atoms with Gasteiger partial charge >= 0.3 is 0 Å². The second-order valence-electron chi connectivity index (χ2n) is 6.56. The van der Waals surface area contributed by atoms with Crippen LogP contribution in [0.1, 0.15) is 44.6 Å². The van der Waals surface area contributed by atoms with Crippen molar-refractivity contribution >= 4 is 0 Å². The first-order chi connectivity index (χ1) is 8.16. The summed E-state index contributed by atoms with van der Waals surface area (Å²) in [4.78, 5) is 2.74. The van der Waals surface area contributed by atoms with Crippen LogP contribution < -0.4 is 6.15 Å². The highest BCUT2D eigenvalue weighted by atomic mass is 15.2. The van der Waals surface area contributed by atoms with E-state index in [9.17, 15) is 0 Å². The van der Waals surface area contributed by atoms with Gasteiger partial charge in [-0.2, -0.15) is 0 Å². The van der Waals surface area contributed by atoms with Crippen molar-refractivity contribution in [2.45, 2.75) is 45.1 Å². The van der Waals surface area contributed by atoms with Gasteiger partial charge in [0.05, 0.1) is 0 Å². The van der Waals surface area contributed by atoms with Crippen molar-refractivity contribution in [3.05, 3.63) is 35.9 Å². The van der Waals surface area contributed by atoms with E-state index in [2.05, 4.69) is 49.1 Å². The van der Waals surface area contributed by atoms with Crippen molar-refractivity contribution in [3.63, 3.8) is 0 Å². The second kappa shape index (κ2) is 5.02. The molecule has 0 radical (unpaired) electrons. The van der Waals surface area contributed by atoms with Gasteiger partial charge in [0.1, 0.15) is 0 Å². The Bertz CT molecular complexity index is 385. The summed E-state index contributed by atoms with van der Waals surface area (Å²) in [7, 11) is 0. The van der Waals surface area contributed by atoms with E-state index in [1.807, 2.05) is 0 Å². The Morgan fingerprint density at radius 1 is 1.17 bits per heavy atom. The molecule has 1 heterocycles. The molecule has 0 spiro atoms. The standard InChI is InChI=1S/C16H23N.H3N/c1-16(2)9-6-10-17(12-16)15-11-14(15)13-7-4-3-5-8-13;/h3-5,7-8,14-15H,6,9-12H2,1-2H3;1H3. The summed E-state index contributed by atoms with van der Waals surface area (Å²) >= 11 is 0.